The van der Waals surface area contributed by atoms with Crippen molar-refractivity contribution >= 4 is 5.69 Å². The number of nitrogens with zero attached hydrogens (tertiary/aromatic N) is 2. The average Bonchev–Trinajstić information content (AvgIpc) is 2.77. The second-order valence-corrected chi connectivity index (χ2v) is 4.06. The predicted octanol–water partition coefficient (Wildman–Crippen LogP) is 2.94. The molecule has 1 aliphatic rings. The largest absolute Gasteiger partial charge is 0.369 e. The van der Waals surface area contributed by atoms with Crippen molar-refractivity contribution in [1.29, 1.82) is 5.26 Å². The molecule has 1 aliphatic heterocycles. The van der Waals surface area contributed by atoms with Crippen LogP contribution in [-0.2, 0) is 0 Å². The van der Waals surface area contributed by atoms with Crippen LogP contribution in [0.2, 0.25) is 0 Å². The van der Waals surface area contributed by atoms with Gasteiger partial charge in [0.2, 0.25) is 0 Å². The summed E-state index contributed by atoms with van der Waals surface area (Å²) in [6.45, 7) is 3.40. The highest BCUT2D eigenvalue weighted by Crippen LogP contribution is 2.27. The third-order valence-electron chi connectivity index (χ3n) is 3.18. The van der Waals surface area contributed by atoms with Crippen LogP contribution in [-0.4, -0.2) is 12.6 Å². The van der Waals surface area contributed by atoms with Crippen LogP contribution in [0.5, 0.6) is 0 Å². The van der Waals surface area contributed by atoms with E-state index in [1.54, 1.807) is 0 Å². The molecule has 1 saturated heterocycles. The van der Waals surface area contributed by atoms with Gasteiger partial charge < -0.3 is 4.90 Å². The Hall–Kier alpha value is -1.49. The lowest BCUT2D eigenvalue weighted by Crippen LogP contribution is -2.28. The Labute approximate surface area is 91.1 Å². The minimum atomic E-state index is 0.693. The molecule has 0 saturated carbocycles. The number of rotatable bonds is 2. The van der Waals surface area contributed by atoms with Gasteiger partial charge in [0.1, 0.15) is 0 Å². The van der Waals surface area contributed by atoms with Gasteiger partial charge >= 0.3 is 0 Å². The first-order valence-electron chi connectivity index (χ1n) is 5.62. The molecular weight excluding hydrogens is 184 g/mol. The molecular formula is C13H16N2. The molecule has 1 unspecified atom stereocenters. The molecule has 1 atom stereocenters. The van der Waals surface area contributed by atoms with Gasteiger partial charge in [0.15, 0.2) is 0 Å². The fourth-order valence-electron chi connectivity index (χ4n) is 2.33. The van der Waals surface area contributed by atoms with Crippen LogP contribution in [0.25, 0.3) is 0 Å². The quantitative estimate of drug-likeness (QED) is 0.734. The minimum absolute atomic E-state index is 0.693. The maximum absolute atomic E-state index is 8.73. The highest BCUT2D eigenvalue weighted by atomic mass is 15.2. The van der Waals surface area contributed by atoms with Crippen molar-refractivity contribution in [1.82, 2.24) is 0 Å². The molecule has 2 nitrogen and oxygen atoms in total. The topological polar surface area (TPSA) is 27.0 Å². The van der Waals surface area contributed by atoms with Gasteiger partial charge in [-0.15, -0.1) is 0 Å². The molecule has 1 fully saturated rings. The van der Waals surface area contributed by atoms with Gasteiger partial charge in [-0.05, 0) is 43.5 Å². The van der Waals surface area contributed by atoms with Gasteiger partial charge in [0.05, 0.1) is 11.6 Å². The average molecular weight is 200 g/mol. The Morgan fingerprint density at radius 1 is 1.40 bits per heavy atom. The summed E-state index contributed by atoms with van der Waals surface area (Å²) in [5.41, 5.74) is 2.00. The third-order valence-corrected chi connectivity index (χ3v) is 3.18. The lowest BCUT2D eigenvalue weighted by atomic mass is 10.1. The third kappa shape index (κ3) is 1.97. The Kier molecular flexibility index (Phi) is 2.91. The highest BCUT2D eigenvalue weighted by molar-refractivity contribution is 5.51. The molecule has 1 aromatic carbocycles. The number of benzene rings is 1. The van der Waals surface area contributed by atoms with Crippen molar-refractivity contribution in [3.8, 4) is 6.07 Å². The molecule has 0 aromatic heterocycles. The van der Waals surface area contributed by atoms with Gasteiger partial charge in [-0.1, -0.05) is 6.92 Å². The summed E-state index contributed by atoms with van der Waals surface area (Å²) in [6.07, 6.45) is 3.80. The second kappa shape index (κ2) is 4.35. The standard InChI is InChI=1S/C13H16N2/c1-2-12-4-3-9-15(12)13-7-5-11(10-14)6-8-13/h5-8,12H,2-4,9H2,1H3. The molecule has 2 rings (SSSR count). The Balaban J connectivity index is 2.19. The second-order valence-electron chi connectivity index (χ2n) is 4.06. The van der Waals surface area contributed by atoms with Crippen LogP contribution in [0.4, 0.5) is 5.69 Å². The Bertz CT molecular complexity index is 361. The van der Waals surface area contributed by atoms with Crippen molar-refractivity contribution in [2.45, 2.75) is 32.2 Å². The van der Waals surface area contributed by atoms with E-state index in [2.05, 4.69) is 30.0 Å². The SMILES string of the molecule is CCC1CCCN1c1ccc(C#N)cc1. The number of nitriles is 1. The summed E-state index contributed by atoms with van der Waals surface area (Å²) in [7, 11) is 0. The molecule has 0 N–H and O–H groups in total. The summed E-state index contributed by atoms with van der Waals surface area (Å²) in [5.74, 6) is 0. The Morgan fingerprint density at radius 2 is 2.13 bits per heavy atom. The van der Waals surface area contributed by atoms with Crippen molar-refractivity contribution in [3.05, 3.63) is 29.8 Å². The van der Waals surface area contributed by atoms with Gasteiger partial charge in [-0.25, -0.2) is 0 Å². The van der Waals surface area contributed by atoms with Gasteiger partial charge in [0.25, 0.3) is 0 Å². The fourth-order valence-corrected chi connectivity index (χ4v) is 2.33. The van der Waals surface area contributed by atoms with Crippen LogP contribution in [0.15, 0.2) is 24.3 Å². The zero-order valence-corrected chi connectivity index (χ0v) is 9.11. The van der Waals surface area contributed by atoms with Crippen LogP contribution in [0.3, 0.4) is 0 Å². The lowest BCUT2D eigenvalue weighted by Gasteiger charge is -2.25. The van der Waals surface area contributed by atoms with Crippen molar-refractivity contribution in [2.75, 3.05) is 11.4 Å². The van der Waals surface area contributed by atoms with Crippen LogP contribution < -0.4 is 4.90 Å². The van der Waals surface area contributed by atoms with Gasteiger partial charge in [-0.2, -0.15) is 5.26 Å². The lowest BCUT2D eigenvalue weighted by molar-refractivity contribution is 0.645. The molecule has 1 heterocycles. The first-order valence-corrected chi connectivity index (χ1v) is 5.62. The zero-order valence-electron chi connectivity index (χ0n) is 9.11. The molecule has 0 radical (unpaired) electrons. The number of hydrogen-bond acceptors (Lipinski definition) is 2. The summed E-state index contributed by atoms with van der Waals surface area (Å²) >= 11 is 0. The molecule has 0 amide bonds. The zero-order chi connectivity index (χ0) is 10.7. The van der Waals surface area contributed by atoms with Gasteiger partial charge in [0, 0.05) is 18.3 Å². The van der Waals surface area contributed by atoms with E-state index in [1.165, 1.54) is 24.9 Å². The first-order chi connectivity index (χ1) is 7.35. The summed E-state index contributed by atoms with van der Waals surface area (Å²) in [4.78, 5) is 2.46. The Morgan fingerprint density at radius 3 is 2.73 bits per heavy atom. The summed E-state index contributed by atoms with van der Waals surface area (Å²) in [5, 5.41) is 8.73. The van der Waals surface area contributed by atoms with E-state index in [0.29, 0.717) is 6.04 Å². The van der Waals surface area contributed by atoms with Gasteiger partial charge in [-0.3, -0.25) is 0 Å². The van der Waals surface area contributed by atoms with Crippen LogP contribution in [0, 0.1) is 11.3 Å². The van der Waals surface area contributed by atoms with E-state index in [-0.39, 0.29) is 0 Å². The minimum Gasteiger partial charge on any atom is -0.369 e. The van der Waals surface area contributed by atoms with Crippen LogP contribution >= 0.6 is 0 Å². The maximum atomic E-state index is 8.73. The normalized spacial score (nSPS) is 20.3. The van der Waals surface area contributed by atoms with E-state index in [9.17, 15) is 0 Å². The monoisotopic (exact) mass is 200 g/mol. The highest BCUT2D eigenvalue weighted by Gasteiger charge is 2.22. The molecule has 15 heavy (non-hydrogen) atoms. The summed E-state index contributed by atoms with van der Waals surface area (Å²) in [6, 6.07) is 10.8. The van der Waals surface area contributed by atoms with Crippen molar-refractivity contribution in [2.24, 2.45) is 0 Å². The van der Waals surface area contributed by atoms with E-state index in [4.69, 9.17) is 5.26 Å². The molecule has 0 bridgehead atoms. The number of hydrogen-bond donors (Lipinski definition) is 0. The molecule has 0 spiro atoms. The smallest absolute Gasteiger partial charge is 0.0991 e. The van der Waals surface area contributed by atoms with E-state index in [0.717, 1.165) is 12.1 Å². The predicted molar refractivity (Wildman–Crippen MR) is 61.8 cm³/mol. The maximum Gasteiger partial charge on any atom is 0.0991 e. The van der Waals surface area contributed by atoms with Crippen LogP contribution in [0.1, 0.15) is 31.7 Å². The van der Waals surface area contributed by atoms with E-state index < -0.39 is 0 Å². The molecule has 0 aliphatic carbocycles. The first kappa shape index (κ1) is 10.0. The van der Waals surface area contributed by atoms with Crippen molar-refractivity contribution in [3.63, 3.8) is 0 Å². The van der Waals surface area contributed by atoms with E-state index >= 15 is 0 Å². The number of anilines is 1. The summed E-state index contributed by atoms with van der Waals surface area (Å²) < 4.78 is 0. The van der Waals surface area contributed by atoms with Crippen molar-refractivity contribution < 1.29 is 0 Å². The van der Waals surface area contributed by atoms with E-state index in [1.807, 2.05) is 12.1 Å². The molecule has 2 heteroatoms. The molecule has 78 valence electrons. The fraction of sp³-hybridized carbons (Fsp3) is 0.462. The molecule has 1 aromatic rings.